The first kappa shape index (κ1) is 15.1. The highest BCUT2D eigenvalue weighted by molar-refractivity contribution is 7.92. The van der Waals surface area contributed by atoms with Crippen molar-refractivity contribution in [1.29, 1.82) is 0 Å². The lowest BCUT2D eigenvalue weighted by molar-refractivity contribution is 0.297. The molecule has 2 saturated carbocycles. The van der Waals surface area contributed by atoms with Gasteiger partial charge in [0.25, 0.3) is 0 Å². The second kappa shape index (κ2) is 5.73. The van der Waals surface area contributed by atoms with Crippen LogP contribution in [0, 0.1) is 0 Å². The minimum Gasteiger partial charge on any atom is -0.395 e. The highest BCUT2D eigenvalue weighted by atomic mass is 32.2. The molecule has 2 aliphatic rings. The van der Waals surface area contributed by atoms with Crippen LogP contribution in [-0.4, -0.2) is 42.3 Å². The Kier molecular flexibility index (Phi) is 4.11. The molecular formula is C13H21N3O3S2. The quantitative estimate of drug-likeness (QED) is 0.818. The minimum absolute atomic E-state index is 0.00276. The number of anilines is 2. The van der Waals surface area contributed by atoms with Gasteiger partial charge in [0.15, 0.2) is 15.7 Å². The fraction of sp³-hybridized carbons (Fsp3) is 0.769. The highest BCUT2D eigenvalue weighted by Crippen LogP contribution is 2.44. The predicted molar refractivity (Wildman–Crippen MR) is 83.4 cm³/mol. The number of rotatable bonds is 6. The summed E-state index contributed by atoms with van der Waals surface area (Å²) in [7, 11) is -3.38. The van der Waals surface area contributed by atoms with E-state index in [0.717, 1.165) is 37.2 Å². The molecule has 2 aliphatic carbocycles. The van der Waals surface area contributed by atoms with Gasteiger partial charge in [-0.1, -0.05) is 12.8 Å². The molecule has 1 aromatic heterocycles. The van der Waals surface area contributed by atoms with Crippen LogP contribution in [-0.2, 0) is 9.84 Å². The fourth-order valence-corrected chi connectivity index (χ4v) is 6.17. The smallest absolute Gasteiger partial charge is 0.187 e. The van der Waals surface area contributed by atoms with E-state index in [2.05, 4.69) is 4.37 Å². The Morgan fingerprint density at radius 1 is 1.29 bits per heavy atom. The highest BCUT2D eigenvalue weighted by Gasteiger charge is 2.42. The minimum atomic E-state index is -3.38. The maximum Gasteiger partial charge on any atom is 0.187 e. The molecule has 0 atom stereocenters. The van der Waals surface area contributed by atoms with E-state index in [-0.39, 0.29) is 28.6 Å². The van der Waals surface area contributed by atoms with Gasteiger partial charge in [0.05, 0.1) is 11.9 Å². The third-order valence-electron chi connectivity index (χ3n) is 4.27. The number of nitrogens with two attached hydrogens (primary N) is 1. The molecule has 8 heteroatoms. The normalized spacial score (nSPS) is 20.0. The van der Waals surface area contributed by atoms with Crippen molar-refractivity contribution >= 4 is 32.2 Å². The van der Waals surface area contributed by atoms with Gasteiger partial charge < -0.3 is 15.7 Å². The van der Waals surface area contributed by atoms with E-state index in [1.807, 2.05) is 4.90 Å². The van der Waals surface area contributed by atoms with Crippen LogP contribution < -0.4 is 10.6 Å². The Morgan fingerprint density at radius 2 is 1.95 bits per heavy atom. The topological polar surface area (TPSA) is 96.5 Å². The zero-order valence-corrected chi connectivity index (χ0v) is 13.5. The molecular weight excluding hydrogens is 310 g/mol. The molecule has 0 saturated heterocycles. The summed E-state index contributed by atoms with van der Waals surface area (Å²) in [5, 5.41) is 9.67. The number of aliphatic hydroxyl groups excluding tert-OH is 1. The summed E-state index contributed by atoms with van der Waals surface area (Å²) in [6.07, 6.45) is 5.76. The van der Waals surface area contributed by atoms with Crippen LogP contribution in [0.2, 0.25) is 0 Å². The van der Waals surface area contributed by atoms with Crippen molar-refractivity contribution in [3.8, 4) is 0 Å². The molecule has 0 radical (unpaired) electrons. The molecule has 0 spiro atoms. The second-order valence-corrected chi connectivity index (χ2v) is 8.72. The molecule has 3 N–H and O–H groups in total. The molecule has 0 aliphatic heterocycles. The van der Waals surface area contributed by atoms with E-state index < -0.39 is 9.84 Å². The van der Waals surface area contributed by atoms with Gasteiger partial charge in [-0.2, -0.15) is 4.37 Å². The molecule has 1 aromatic rings. The summed E-state index contributed by atoms with van der Waals surface area (Å²) < 4.78 is 29.3. The molecule has 0 aromatic carbocycles. The van der Waals surface area contributed by atoms with E-state index in [4.69, 9.17) is 5.73 Å². The number of aromatic nitrogens is 1. The van der Waals surface area contributed by atoms with Crippen LogP contribution in [0.25, 0.3) is 0 Å². The molecule has 3 rings (SSSR count). The van der Waals surface area contributed by atoms with Crippen molar-refractivity contribution in [2.45, 2.75) is 54.7 Å². The van der Waals surface area contributed by atoms with Gasteiger partial charge in [0.2, 0.25) is 0 Å². The lowest BCUT2D eigenvalue weighted by Gasteiger charge is -2.29. The van der Waals surface area contributed by atoms with Gasteiger partial charge in [-0.05, 0) is 37.2 Å². The lowest BCUT2D eigenvalue weighted by atomic mass is 10.2. The maximum absolute atomic E-state index is 12.6. The number of hydrogen-bond donors (Lipinski definition) is 2. The summed E-state index contributed by atoms with van der Waals surface area (Å²) in [5.41, 5.74) is 5.86. The first-order valence-corrected chi connectivity index (χ1v) is 9.74. The predicted octanol–water partition coefficient (Wildman–Crippen LogP) is 1.40. The van der Waals surface area contributed by atoms with Gasteiger partial charge in [-0.3, -0.25) is 0 Å². The zero-order valence-electron chi connectivity index (χ0n) is 11.9. The lowest BCUT2D eigenvalue weighted by Crippen LogP contribution is -2.36. The molecule has 0 amide bonds. The van der Waals surface area contributed by atoms with E-state index >= 15 is 0 Å². The Balaban J connectivity index is 2.00. The number of sulfone groups is 1. The molecule has 118 valence electrons. The van der Waals surface area contributed by atoms with E-state index in [9.17, 15) is 13.5 Å². The summed E-state index contributed by atoms with van der Waals surface area (Å²) in [6.45, 7) is 0.427. The summed E-state index contributed by atoms with van der Waals surface area (Å²) >= 11 is 1.14. The largest absolute Gasteiger partial charge is 0.395 e. The van der Waals surface area contributed by atoms with Gasteiger partial charge in [-0.25, -0.2) is 8.42 Å². The van der Waals surface area contributed by atoms with Crippen molar-refractivity contribution in [3.63, 3.8) is 0 Å². The van der Waals surface area contributed by atoms with Crippen molar-refractivity contribution in [3.05, 3.63) is 0 Å². The number of nitrogens with zero attached hydrogens (tertiary/aromatic N) is 2. The third kappa shape index (κ3) is 2.76. The summed E-state index contributed by atoms with van der Waals surface area (Å²) in [6, 6.07) is 0.283. The van der Waals surface area contributed by atoms with Crippen LogP contribution in [0.4, 0.5) is 10.8 Å². The fourth-order valence-electron chi connectivity index (χ4n) is 3.05. The molecule has 21 heavy (non-hydrogen) atoms. The SMILES string of the molecule is Nc1nsc(N(CCO)C2CCCC2)c1S(=O)(=O)C1CC1. The zero-order chi connectivity index (χ0) is 15.0. The van der Waals surface area contributed by atoms with E-state index in [1.165, 1.54) is 0 Å². The number of nitrogen functional groups attached to an aromatic ring is 1. The van der Waals surface area contributed by atoms with Crippen LogP contribution in [0.5, 0.6) is 0 Å². The molecule has 0 unspecified atom stereocenters. The van der Waals surface area contributed by atoms with Crippen molar-refractivity contribution in [2.75, 3.05) is 23.8 Å². The Labute approximate surface area is 129 Å². The number of aliphatic hydroxyl groups is 1. The van der Waals surface area contributed by atoms with Crippen molar-refractivity contribution in [1.82, 2.24) is 4.37 Å². The van der Waals surface area contributed by atoms with Gasteiger partial charge >= 0.3 is 0 Å². The first-order chi connectivity index (χ1) is 10.1. The average molecular weight is 331 g/mol. The Morgan fingerprint density at radius 3 is 2.52 bits per heavy atom. The van der Waals surface area contributed by atoms with E-state index in [0.29, 0.717) is 24.4 Å². The molecule has 6 nitrogen and oxygen atoms in total. The van der Waals surface area contributed by atoms with Gasteiger partial charge in [0, 0.05) is 12.6 Å². The van der Waals surface area contributed by atoms with Crippen LogP contribution in [0.1, 0.15) is 38.5 Å². The summed E-state index contributed by atoms with van der Waals surface area (Å²) in [4.78, 5) is 2.21. The maximum atomic E-state index is 12.6. The first-order valence-electron chi connectivity index (χ1n) is 7.42. The van der Waals surface area contributed by atoms with Crippen LogP contribution >= 0.6 is 11.5 Å². The van der Waals surface area contributed by atoms with Gasteiger partial charge in [0.1, 0.15) is 9.90 Å². The van der Waals surface area contributed by atoms with Crippen LogP contribution in [0.3, 0.4) is 0 Å². The van der Waals surface area contributed by atoms with Crippen molar-refractivity contribution in [2.24, 2.45) is 0 Å². The van der Waals surface area contributed by atoms with Crippen molar-refractivity contribution < 1.29 is 13.5 Å². The van der Waals surface area contributed by atoms with E-state index in [1.54, 1.807) is 0 Å². The second-order valence-electron chi connectivity index (χ2n) is 5.80. The number of hydrogen-bond acceptors (Lipinski definition) is 7. The molecule has 1 heterocycles. The average Bonchev–Trinajstić information content (AvgIpc) is 3.05. The molecule has 0 bridgehead atoms. The standard InChI is InChI=1S/C13H21N3O3S2/c14-12-11(21(18,19)10-5-6-10)13(20-15-12)16(7-8-17)9-3-1-2-4-9/h9-10,17H,1-8H2,(H2,14,15). The van der Waals surface area contributed by atoms with Gasteiger partial charge in [-0.15, -0.1) is 0 Å². The Bertz CT molecular complexity index is 604. The third-order valence-corrected chi connectivity index (χ3v) is 7.62. The summed E-state index contributed by atoms with van der Waals surface area (Å²) in [5.74, 6) is 0.114. The van der Waals surface area contributed by atoms with Crippen LogP contribution in [0.15, 0.2) is 4.90 Å². The monoisotopic (exact) mass is 331 g/mol. The Hall–Kier alpha value is -0.860. The molecule has 2 fully saturated rings.